The summed E-state index contributed by atoms with van der Waals surface area (Å²) in [6.45, 7) is 2.60. The summed E-state index contributed by atoms with van der Waals surface area (Å²) in [4.78, 5) is 24.4. The molecule has 1 fully saturated rings. The molecule has 2 aromatic rings. The number of hydrogen-bond acceptors (Lipinski definition) is 3. The van der Waals surface area contributed by atoms with E-state index < -0.39 is 11.9 Å². The smallest absolute Gasteiger partial charge is 0.310 e. The molecule has 20 heavy (non-hydrogen) atoms. The largest absolute Gasteiger partial charge is 0.481 e. The van der Waals surface area contributed by atoms with E-state index in [-0.39, 0.29) is 12.3 Å². The third-order valence-corrected chi connectivity index (χ3v) is 3.74. The molecule has 0 aliphatic carbocycles. The molecule has 1 saturated heterocycles. The number of benzene rings is 1. The number of carbonyl (C=O) groups excluding carboxylic acids is 1. The zero-order chi connectivity index (χ0) is 14.3. The summed E-state index contributed by atoms with van der Waals surface area (Å²) in [5.74, 6) is -1.30. The molecule has 0 atom stereocenters. The van der Waals surface area contributed by atoms with Crippen molar-refractivity contribution in [2.75, 3.05) is 13.1 Å². The average Bonchev–Trinajstić information content (AvgIpc) is 2.69. The van der Waals surface area contributed by atoms with Gasteiger partial charge in [-0.05, 0) is 18.6 Å². The number of rotatable bonds is 3. The number of carboxylic acids is 1. The summed E-state index contributed by atoms with van der Waals surface area (Å²) in [6, 6.07) is 5.87. The number of fused-ring (bicyclic) bond motifs is 1. The predicted molar refractivity (Wildman–Crippen MR) is 72.4 cm³/mol. The Bertz CT molecular complexity index is 682. The van der Waals surface area contributed by atoms with Crippen molar-refractivity contribution >= 4 is 22.8 Å². The van der Waals surface area contributed by atoms with E-state index in [1.54, 1.807) is 11.2 Å². The Morgan fingerprint density at radius 3 is 2.85 bits per heavy atom. The minimum absolute atomic E-state index is 0.0502. The van der Waals surface area contributed by atoms with Crippen molar-refractivity contribution in [3.05, 3.63) is 35.6 Å². The van der Waals surface area contributed by atoms with Gasteiger partial charge in [0.25, 0.3) is 0 Å². The second-order valence-corrected chi connectivity index (χ2v) is 5.27. The van der Waals surface area contributed by atoms with Crippen LogP contribution in [0.5, 0.6) is 0 Å². The van der Waals surface area contributed by atoms with Gasteiger partial charge in [-0.1, -0.05) is 12.1 Å². The van der Waals surface area contributed by atoms with E-state index in [1.165, 1.54) is 0 Å². The van der Waals surface area contributed by atoms with Crippen LogP contribution in [0.1, 0.15) is 11.1 Å². The van der Waals surface area contributed by atoms with E-state index in [2.05, 4.69) is 0 Å². The van der Waals surface area contributed by atoms with Crippen molar-refractivity contribution in [3.63, 3.8) is 0 Å². The van der Waals surface area contributed by atoms with Crippen molar-refractivity contribution in [2.45, 2.75) is 13.3 Å². The minimum atomic E-state index is -0.835. The van der Waals surface area contributed by atoms with Crippen LogP contribution >= 0.6 is 0 Å². The maximum absolute atomic E-state index is 12.1. The second kappa shape index (κ2) is 4.67. The van der Waals surface area contributed by atoms with Crippen LogP contribution in [0, 0.1) is 12.8 Å². The first-order chi connectivity index (χ1) is 9.54. The quantitative estimate of drug-likeness (QED) is 0.926. The number of hydrogen-bond donors (Lipinski definition) is 1. The third kappa shape index (κ3) is 2.15. The Morgan fingerprint density at radius 1 is 1.40 bits per heavy atom. The highest BCUT2D eigenvalue weighted by Crippen LogP contribution is 2.24. The summed E-state index contributed by atoms with van der Waals surface area (Å²) in [5, 5.41) is 9.75. The van der Waals surface area contributed by atoms with E-state index in [9.17, 15) is 9.59 Å². The van der Waals surface area contributed by atoms with Gasteiger partial charge in [0.1, 0.15) is 5.58 Å². The van der Waals surface area contributed by atoms with E-state index in [4.69, 9.17) is 9.52 Å². The maximum Gasteiger partial charge on any atom is 0.310 e. The molecule has 104 valence electrons. The lowest BCUT2D eigenvalue weighted by Crippen LogP contribution is -2.53. The first-order valence-corrected chi connectivity index (χ1v) is 6.52. The molecule has 0 radical (unpaired) electrons. The molecule has 1 aliphatic rings. The van der Waals surface area contributed by atoms with E-state index in [1.807, 2.05) is 25.1 Å². The summed E-state index contributed by atoms with van der Waals surface area (Å²) in [6.07, 6.45) is 1.86. The van der Waals surface area contributed by atoms with Gasteiger partial charge in [-0.2, -0.15) is 0 Å². The van der Waals surface area contributed by atoms with E-state index in [0.29, 0.717) is 13.1 Å². The van der Waals surface area contributed by atoms with Crippen LogP contribution in [0.25, 0.3) is 11.0 Å². The number of aryl methyl sites for hydroxylation is 1. The number of amides is 1. The lowest BCUT2D eigenvalue weighted by atomic mass is 9.99. The van der Waals surface area contributed by atoms with Gasteiger partial charge in [-0.25, -0.2) is 0 Å². The normalized spacial score (nSPS) is 15.3. The summed E-state index contributed by atoms with van der Waals surface area (Å²) >= 11 is 0. The number of aliphatic carboxylic acids is 1. The first kappa shape index (κ1) is 12.7. The molecule has 1 aliphatic heterocycles. The number of furan rings is 1. The average molecular weight is 273 g/mol. The van der Waals surface area contributed by atoms with Crippen LogP contribution in [0.2, 0.25) is 0 Å². The Kier molecular flexibility index (Phi) is 2.97. The van der Waals surface area contributed by atoms with Gasteiger partial charge in [0.05, 0.1) is 18.6 Å². The minimum Gasteiger partial charge on any atom is -0.481 e. The summed E-state index contributed by atoms with van der Waals surface area (Å²) in [7, 11) is 0. The van der Waals surface area contributed by atoms with Crippen LogP contribution < -0.4 is 0 Å². The van der Waals surface area contributed by atoms with Gasteiger partial charge in [-0.3, -0.25) is 9.59 Å². The Balaban J connectivity index is 1.71. The zero-order valence-electron chi connectivity index (χ0n) is 11.1. The molecule has 1 aromatic heterocycles. The number of nitrogens with zero attached hydrogens (tertiary/aromatic N) is 1. The van der Waals surface area contributed by atoms with Crippen molar-refractivity contribution < 1.29 is 19.1 Å². The van der Waals surface area contributed by atoms with Gasteiger partial charge in [0.15, 0.2) is 0 Å². The molecular formula is C15H15NO4. The van der Waals surface area contributed by atoms with Crippen LogP contribution in [0.15, 0.2) is 28.9 Å². The highest BCUT2D eigenvalue weighted by atomic mass is 16.4. The fraction of sp³-hybridized carbons (Fsp3) is 0.333. The Labute approximate surface area is 115 Å². The van der Waals surface area contributed by atoms with Crippen molar-refractivity contribution in [1.82, 2.24) is 4.90 Å². The highest BCUT2D eigenvalue weighted by molar-refractivity contribution is 5.89. The molecule has 2 heterocycles. The summed E-state index contributed by atoms with van der Waals surface area (Å²) < 4.78 is 5.46. The molecule has 0 saturated carbocycles. The molecule has 1 aromatic carbocycles. The SMILES string of the molecule is Cc1ccc2c(CC(=O)N3CC(C(=O)O)C3)coc2c1. The molecule has 5 heteroatoms. The van der Waals surface area contributed by atoms with Crippen LogP contribution in [-0.2, 0) is 16.0 Å². The summed E-state index contributed by atoms with van der Waals surface area (Å²) in [5.41, 5.74) is 2.74. The topological polar surface area (TPSA) is 70.8 Å². The number of likely N-dealkylation sites (tertiary alicyclic amines) is 1. The van der Waals surface area contributed by atoms with Gasteiger partial charge < -0.3 is 14.4 Å². The molecule has 5 nitrogen and oxygen atoms in total. The highest BCUT2D eigenvalue weighted by Gasteiger charge is 2.35. The first-order valence-electron chi connectivity index (χ1n) is 6.52. The van der Waals surface area contributed by atoms with Crippen LogP contribution in [-0.4, -0.2) is 35.0 Å². The van der Waals surface area contributed by atoms with Crippen LogP contribution in [0.4, 0.5) is 0 Å². The predicted octanol–water partition coefficient (Wildman–Crippen LogP) is 1.83. The molecule has 0 spiro atoms. The van der Waals surface area contributed by atoms with Gasteiger partial charge >= 0.3 is 5.97 Å². The van der Waals surface area contributed by atoms with Crippen molar-refractivity contribution in [3.8, 4) is 0 Å². The van der Waals surface area contributed by atoms with E-state index >= 15 is 0 Å². The van der Waals surface area contributed by atoms with E-state index in [0.717, 1.165) is 22.1 Å². The van der Waals surface area contributed by atoms with Gasteiger partial charge in [0.2, 0.25) is 5.91 Å². The molecular weight excluding hydrogens is 258 g/mol. The molecule has 0 unspecified atom stereocenters. The molecule has 3 rings (SSSR count). The number of carbonyl (C=O) groups is 2. The molecule has 1 N–H and O–H groups in total. The Morgan fingerprint density at radius 2 is 2.15 bits per heavy atom. The lowest BCUT2D eigenvalue weighted by molar-refractivity contribution is -0.152. The molecule has 1 amide bonds. The second-order valence-electron chi connectivity index (χ2n) is 5.27. The third-order valence-electron chi connectivity index (χ3n) is 3.74. The van der Waals surface area contributed by atoms with Gasteiger partial charge in [-0.15, -0.1) is 0 Å². The standard InChI is InChI=1S/C15H15NO4/c1-9-2-3-12-10(8-20-13(12)4-9)5-14(17)16-6-11(7-16)15(18)19/h2-4,8,11H,5-7H2,1H3,(H,18,19). The van der Waals surface area contributed by atoms with Crippen LogP contribution in [0.3, 0.4) is 0 Å². The number of carboxylic acid groups (broad SMARTS) is 1. The fourth-order valence-electron chi connectivity index (χ4n) is 2.44. The van der Waals surface area contributed by atoms with Crippen molar-refractivity contribution in [2.24, 2.45) is 5.92 Å². The fourth-order valence-corrected chi connectivity index (χ4v) is 2.44. The molecule has 0 bridgehead atoms. The maximum atomic E-state index is 12.1. The lowest BCUT2D eigenvalue weighted by Gasteiger charge is -2.36. The monoisotopic (exact) mass is 273 g/mol. The van der Waals surface area contributed by atoms with Crippen molar-refractivity contribution in [1.29, 1.82) is 0 Å². The zero-order valence-corrected chi connectivity index (χ0v) is 11.1. The Hall–Kier alpha value is -2.30. The van der Waals surface area contributed by atoms with Gasteiger partial charge in [0, 0.05) is 24.0 Å².